The highest BCUT2D eigenvalue weighted by molar-refractivity contribution is 5.91. The summed E-state index contributed by atoms with van der Waals surface area (Å²) in [7, 11) is 0. The van der Waals surface area contributed by atoms with Crippen molar-refractivity contribution in [2.75, 3.05) is 6.54 Å². The molecule has 0 atom stereocenters. The predicted molar refractivity (Wildman–Crippen MR) is 69.1 cm³/mol. The Balaban J connectivity index is 1.74. The van der Waals surface area contributed by atoms with Gasteiger partial charge < -0.3 is 5.32 Å². The monoisotopic (exact) mass is 259 g/mol. The van der Waals surface area contributed by atoms with Crippen LogP contribution in [0.5, 0.6) is 0 Å². The smallest absolute Gasteiger partial charge is 0.271 e. The molecule has 4 nitrogen and oxygen atoms in total. The molecule has 1 heterocycles. The second-order valence-corrected chi connectivity index (χ2v) is 4.08. The minimum atomic E-state index is -0.243. The first-order valence-corrected chi connectivity index (χ1v) is 6.04. The third-order valence-electron chi connectivity index (χ3n) is 2.61. The van der Waals surface area contributed by atoms with E-state index in [0.717, 1.165) is 18.4 Å². The van der Waals surface area contributed by atoms with Crippen molar-refractivity contribution in [1.82, 2.24) is 15.3 Å². The maximum atomic E-state index is 12.9. The van der Waals surface area contributed by atoms with Crippen LogP contribution in [0.15, 0.2) is 42.9 Å². The quantitative estimate of drug-likeness (QED) is 0.835. The SMILES string of the molecule is O=C(NCCCc1cccc(F)c1)c1cnccn1. The number of carbonyl (C=O) groups excluding carboxylic acids is 1. The van der Waals surface area contributed by atoms with Gasteiger partial charge >= 0.3 is 0 Å². The lowest BCUT2D eigenvalue weighted by molar-refractivity contribution is 0.0948. The molecule has 0 aliphatic heterocycles. The molecule has 1 aromatic carbocycles. The molecule has 0 spiro atoms. The molecule has 1 amide bonds. The predicted octanol–water partition coefficient (Wildman–Crippen LogP) is 1.98. The second-order valence-electron chi connectivity index (χ2n) is 4.08. The van der Waals surface area contributed by atoms with E-state index < -0.39 is 0 Å². The summed E-state index contributed by atoms with van der Waals surface area (Å²) >= 11 is 0. The fraction of sp³-hybridized carbons (Fsp3) is 0.214. The largest absolute Gasteiger partial charge is 0.351 e. The molecule has 0 saturated heterocycles. The van der Waals surface area contributed by atoms with E-state index >= 15 is 0 Å². The number of hydrogen-bond donors (Lipinski definition) is 1. The molecule has 0 bridgehead atoms. The third kappa shape index (κ3) is 4.13. The lowest BCUT2D eigenvalue weighted by atomic mass is 10.1. The zero-order valence-electron chi connectivity index (χ0n) is 10.3. The molecule has 1 aromatic heterocycles. The zero-order valence-corrected chi connectivity index (χ0v) is 10.3. The number of carbonyl (C=O) groups is 1. The highest BCUT2D eigenvalue weighted by atomic mass is 19.1. The van der Waals surface area contributed by atoms with Crippen LogP contribution in [0, 0.1) is 5.82 Å². The van der Waals surface area contributed by atoms with Crippen LogP contribution in [-0.4, -0.2) is 22.4 Å². The third-order valence-corrected chi connectivity index (χ3v) is 2.61. The van der Waals surface area contributed by atoms with Gasteiger partial charge in [0.05, 0.1) is 6.20 Å². The van der Waals surface area contributed by atoms with Gasteiger partial charge in [-0.1, -0.05) is 12.1 Å². The number of aryl methyl sites for hydroxylation is 1. The van der Waals surface area contributed by atoms with Crippen molar-refractivity contribution in [3.63, 3.8) is 0 Å². The Labute approximate surface area is 110 Å². The van der Waals surface area contributed by atoms with Crippen molar-refractivity contribution in [3.8, 4) is 0 Å². The Bertz CT molecular complexity index is 545. The van der Waals surface area contributed by atoms with Crippen LogP contribution < -0.4 is 5.32 Å². The van der Waals surface area contributed by atoms with E-state index in [1.54, 1.807) is 6.07 Å². The van der Waals surface area contributed by atoms with Crippen molar-refractivity contribution in [2.24, 2.45) is 0 Å². The molecule has 0 aliphatic carbocycles. The maximum Gasteiger partial charge on any atom is 0.271 e. The van der Waals surface area contributed by atoms with Gasteiger partial charge in [0.15, 0.2) is 0 Å². The molecule has 1 N–H and O–H groups in total. The van der Waals surface area contributed by atoms with Crippen LogP contribution in [0.4, 0.5) is 4.39 Å². The molecule has 2 aromatic rings. The molecule has 0 saturated carbocycles. The van der Waals surface area contributed by atoms with Gasteiger partial charge in [-0.15, -0.1) is 0 Å². The first kappa shape index (κ1) is 13.1. The molecule has 98 valence electrons. The Morgan fingerprint density at radius 3 is 2.95 bits per heavy atom. The van der Waals surface area contributed by atoms with Gasteiger partial charge in [0, 0.05) is 18.9 Å². The summed E-state index contributed by atoms with van der Waals surface area (Å²) in [6, 6.07) is 6.47. The second kappa shape index (κ2) is 6.58. The van der Waals surface area contributed by atoms with E-state index in [1.807, 2.05) is 6.07 Å². The van der Waals surface area contributed by atoms with Crippen molar-refractivity contribution in [2.45, 2.75) is 12.8 Å². The van der Waals surface area contributed by atoms with Gasteiger partial charge in [0.2, 0.25) is 0 Å². The van der Waals surface area contributed by atoms with Gasteiger partial charge in [-0.05, 0) is 30.5 Å². The summed E-state index contributed by atoms with van der Waals surface area (Å²) in [6.07, 6.45) is 5.87. The lowest BCUT2D eigenvalue weighted by Gasteiger charge is -2.04. The van der Waals surface area contributed by atoms with Crippen molar-refractivity contribution in [3.05, 3.63) is 59.9 Å². The summed E-state index contributed by atoms with van der Waals surface area (Å²) in [5.41, 5.74) is 1.22. The van der Waals surface area contributed by atoms with Crippen LogP contribution >= 0.6 is 0 Å². The molecule has 0 unspecified atom stereocenters. The van der Waals surface area contributed by atoms with E-state index in [4.69, 9.17) is 0 Å². The van der Waals surface area contributed by atoms with Gasteiger partial charge in [0.1, 0.15) is 11.5 Å². The maximum absolute atomic E-state index is 12.9. The average Bonchev–Trinajstić information content (AvgIpc) is 2.44. The molecule has 2 rings (SSSR count). The van der Waals surface area contributed by atoms with E-state index in [2.05, 4.69) is 15.3 Å². The molecule has 19 heavy (non-hydrogen) atoms. The summed E-state index contributed by atoms with van der Waals surface area (Å²) in [5, 5.41) is 2.75. The van der Waals surface area contributed by atoms with E-state index in [0.29, 0.717) is 12.2 Å². The highest BCUT2D eigenvalue weighted by Gasteiger charge is 2.05. The standard InChI is InChI=1S/C14H14FN3O/c15-12-5-1-3-11(9-12)4-2-6-18-14(19)13-10-16-7-8-17-13/h1,3,5,7-10H,2,4,6H2,(H,18,19). The van der Waals surface area contributed by atoms with E-state index in [9.17, 15) is 9.18 Å². The summed E-state index contributed by atoms with van der Waals surface area (Å²) in [5.74, 6) is -0.478. The fourth-order valence-electron chi connectivity index (χ4n) is 1.69. The number of nitrogens with zero attached hydrogens (tertiary/aromatic N) is 2. The fourth-order valence-corrected chi connectivity index (χ4v) is 1.69. The van der Waals surface area contributed by atoms with Crippen LogP contribution in [0.25, 0.3) is 0 Å². The van der Waals surface area contributed by atoms with Crippen molar-refractivity contribution < 1.29 is 9.18 Å². The number of benzene rings is 1. The zero-order chi connectivity index (χ0) is 13.5. The molecule has 0 radical (unpaired) electrons. The number of rotatable bonds is 5. The topological polar surface area (TPSA) is 54.9 Å². The van der Waals surface area contributed by atoms with Crippen LogP contribution in [0.2, 0.25) is 0 Å². The van der Waals surface area contributed by atoms with Gasteiger partial charge in [-0.2, -0.15) is 0 Å². The minimum absolute atomic E-state index is 0.235. The molecular formula is C14H14FN3O. The number of aromatic nitrogens is 2. The summed E-state index contributed by atoms with van der Waals surface area (Å²) < 4.78 is 12.9. The molecule has 0 fully saturated rings. The van der Waals surface area contributed by atoms with E-state index in [-0.39, 0.29) is 11.7 Å². The molecular weight excluding hydrogens is 245 g/mol. The number of halogens is 1. The van der Waals surface area contributed by atoms with E-state index in [1.165, 1.54) is 30.7 Å². The number of hydrogen-bond acceptors (Lipinski definition) is 3. The van der Waals surface area contributed by atoms with Crippen molar-refractivity contribution in [1.29, 1.82) is 0 Å². The van der Waals surface area contributed by atoms with Crippen LogP contribution in [0.3, 0.4) is 0 Å². The van der Waals surface area contributed by atoms with Gasteiger partial charge in [0.25, 0.3) is 5.91 Å². The number of nitrogens with one attached hydrogen (secondary N) is 1. The highest BCUT2D eigenvalue weighted by Crippen LogP contribution is 2.05. The summed E-state index contributed by atoms with van der Waals surface area (Å²) in [4.78, 5) is 19.4. The van der Waals surface area contributed by atoms with Crippen molar-refractivity contribution >= 4 is 5.91 Å². The Hall–Kier alpha value is -2.30. The Morgan fingerprint density at radius 1 is 1.32 bits per heavy atom. The van der Waals surface area contributed by atoms with Crippen LogP contribution in [0.1, 0.15) is 22.5 Å². The first-order valence-electron chi connectivity index (χ1n) is 6.04. The Kier molecular flexibility index (Phi) is 4.55. The summed E-state index contributed by atoms with van der Waals surface area (Å²) in [6.45, 7) is 0.520. The van der Waals surface area contributed by atoms with Gasteiger partial charge in [-0.25, -0.2) is 9.37 Å². The molecule has 5 heteroatoms. The Morgan fingerprint density at radius 2 is 2.21 bits per heavy atom. The number of amides is 1. The van der Waals surface area contributed by atoms with Gasteiger partial charge in [-0.3, -0.25) is 9.78 Å². The lowest BCUT2D eigenvalue weighted by Crippen LogP contribution is -2.25. The van der Waals surface area contributed by atoms with Crippen LogP contribution in [-0.2, 0) is 6.42 Å². The normalized spacial score (nSPS) is 10.2. The average molecular weight is 259 g/mol. The minimum Gasteiger partial charge on any atom is -0.351 e. The molecule has 0 aliphatic rings. The first-order chi connectivity index (χ1) is 9.25.